The molecular formula is C28H40FeO4P2. The zero-order valence-corrected chi connectivity index (χ0v) is 25.0. The second-order valence-corrected chi connectivity index (χ2v) is 17.1. The van der Waals surface area contributed by atoms with Crippen molar-refractivity contribution in [2.45, 2.75) is 114 Å². The van der Waals surface area contributed by atoms with Crippen molar-refractivity contribution in [1.82, 2.24) is 0 Å². The molecule has 4 aliphatic heterocycles. The first-order valence-corrected chi connectivity index (χ1v) is 15.7. The van der Waals surface area contributed by atoms with Gasteiger partial charge in [0.05, 0.1) is 24.4 Å². The molecule has 1 unspecified atom stereocenters. The molecule has 7 heteroatoms. The number of fused-ring (bicyclic) bond motifs is 2. The Bertz CT molecular complexity index is 624. The van der Waals surface area contributed by atoms with Gasteiger partial charge in [-0.05, 0) is 79.1 Å². The predicted molar refractivity (Wildman–Crippen MR) is 140 cm³/mol. The predicted octanol–water partition coefficient (Wildman–Crippen LogP) is 6.28. The topological polar surface area (TPSA) is 36.9 Å². The zero-order chi connectivity index (χ0) is 24.4. The number of hydrogen-bond donors (Lipinski definition) is 0. The van der Waals surface area contributed by atoms with Crippen molar-refractivity contribution in [2.75, 3.05) is 0 Å². The second kappa shape index (κ2) is 11.0. The van der Waals surface area contributed by atoms with E-state index in [0.717, 1.165) is 0 Å². The third-order valence-corrected chi connectivity index (χ3v) is 14.3. The summed E-state index contributed by atoms with van der Waals surface area (Å²) in [4.78, 5) is 0. The van der Waals surface area contributed by atoms with E-state index in [1.807, 2.05) is 27.7 Å². The number of ether oxygens (including phenoxy) is 4. The standard InChI is InChI=1S/2C14H20O2P.Fe/c2*1-9-12-13(16-14(3,4)15-12)10(2)17(9)11-7-5-6-8-11;/h2*5-10,12-13H,1-4H3;/t9-,10+,12-,13-,17?;9-,10-,12+,13+;/m10./s1. The Kier molecular flexibility index (Phi) is 9.18. The first-order valence-electron chi connectivity index (χ1n) is 12.7. The van der Waals surface area contributed by atoms with Crippen molar-refractivity contribution in [1.29, 1.82) is 0 Å². The van der Waals surface area contributed by atoms with E-state index in [2.05, 4.69) is 79.1 Å². The summed E-state index contributed by atoms with van der Waals surface area (Å²) in [5.74, 6) is -0.795. The molecule has 0 amide bonds. The van der Waals surface area contributed by atoms with Gasteiger partial charge < -0.3 is 18.9 Å². The maximum Gasteiger partial charge on any atom is 0.163 e. The van der Waals surface area contributed by atoms with E-state index in [9.17, 15) is 0 Å². The Morgan fingerprint density at radius 3 is 0.971 bits per heavy atom. The quantitative estimate of drug-likeness (QED) is 0.295. The molecule has 6 fully saturated rings. The monoisotopic (exact) mass is 558 g/mol. The van der Waals surface area contributed by atoms with Gasteiger partial charge in [0.25, 0.3) is 0 Å². The zero-order valence-electron chi connectivity index (χ0n) is 22.1. The van der Waals surface area contributed by atoms with Gasteiger partial charge in [-0.2, -0.15) is 0 Å². The molecule has 6 rings (SSSR count). The van der Waals surface area contributed by atoms with Crippen LogP contribution in [0.5, 0.6) is 0 Å². The molecule has 0 N–H and O–H groups in total. The Morgan fingerprint density at radius 2 is 0.743 bits per heavy atom. The molecule has 0 aromatic carbocycles. The molecule has 6 aliphatic rings. The maximum absolute atomic E-state index is 6.08. The van der Waals surface area contributed by atoms with Crippen LogP contribution in [-0.2, 0) is 36.0 Å². The third-order valence-electron chi connectivity index (χ3n) is 7.87. The fourth-order valence-electron chi connectivity index (χ4n) is 6.51. The van der Waals surface area contributed by atoms with Crippen LogP contribution < -0.4 is 0 Å². The molecule has 10 radical (unpaired) electrons. The number of rotatable bonds is 2. The minimum Gasteiger partial charge on any atom is -0.344 e. The van der Waals surface area contributed by atoms with Crippen molar-refractivity contribution in [3.05, 3.63) is 62.7 Å². The van der Waals surface area contributed by atoms with Crippen LogP contribution in [0.25, 0.3) is 0 Å². The van der Waals surface area contributed by atoms with Crippen LogP contribution >= 0.6 is 15.8 Å². The van der Waals surface area contributed by atoms with Crippen molar-refractivity contribution in [3.63, 3.8) is 0 Å². The summed E-state index contributed by atoms with van der Waals surface area (Å²) in [6, 6.07) is 0. The van der Waals surface area contributed by atoms with Gasteiger partial charge in [-0.3, -0.25) is 0 Å². The Morgan fingerprint density at radius 1 is 0.514 bits per heavy atom. The maximum atomic E-state index is 6.08. The molecule has 4 nitrogen and oxygen atoms in total. The van der Waals surface area contributed by atoms with Crippen LogP contribution in [0.3, 0.4) is 0 Å². The summed E-state index contributed by atoms with van der Waals surface area (Å²) in [5, 5.41) is 0. The molecule has 4 saturated heterocycles. The fraction of sp³-hybridized carbons (Fsp3) is 0.643. The van der Waals surface area contributed by atoms with Crippen LogP contribution in [0.4, 0.5) is 0 Å². The molecule has 194 valence electrons. The van der Waals surface area contributed by atoms with E-state index in [1.54, 1.807) is 0 Å². The fourth-order valence-corrected chi connectivity index (χ4v) is 13.1. The average molecular weight is 558 g/mol. The van der Waals surface area contributed by atoms with Gasteiger partial charge in [0.2, 0.25) is 0 Å². The van der Waals surface area contributed by atoms with Gasteiger partial charge in [-0.15, -0.1) is 0 Å². The van der Waals surface area contributed by atoms with E-state index in [-0.39, 0.29) is 57.3 Å². The van der Waals surface area contributed by atoms with E-state index in [4.69, 9.17) is 18.9 Å². The van der Waals surface area contributed by atoms with Crippen molar-refractivity contribution < 1.29 is 36.0 Å². The average Bonchev–Trinajstić information content (AvgIpc) is 3.56. The van der Waals surface area contributed by atoms with Gasteiger partial charge in [0, 0.05) is 51.0 Å². The first-order chi connectivity index (χ1) is 16.0. The summed E-state index contributed by atoms with van der Waals surface area (Å²) in [6.45, 7) is 17.4. The van der Waals surface area contributed by atoms with Crippen molar-refractivity contribution >= 4 is 15.8 Å². The Hall–Kier alpha value is 1.22. The van der Waals surface area contributed by atoms with Gasteiger partial charge in [0.15, 0.2) is 11.6 Å². The molecule has 9 atom stereocenters. The van der Waals surface area contributed by atoms with Gasteiger partial charge in [-0.1, -0.05) is 43.5 Å². The van der Waals surface area contributed by atoms with Crippen molar-refractivity contribution in [2.24, 2.45) is 0 Å². The van der Waals surface area contributed by atoms with Gasteiger partial charge in [-0.25, -0.2) is 0 Å². The molecule has 0 aromatic rings. The van der Waals surface area contributed by atoms with E-state index < -0.39 is 11.6 Å². The molecule has 35 heavy (non-hydrogen) atoms. The summed E-state index contributed by atoms with van der Waals surface area (Å²) >= 11 is 0. The second-order valence-electron chi connectivity index (χ2n) is 11.2. The molecular weight excluding hydrogens is 518 g/mol. The van der Waals surface area contributed by atoms with Gasteiger partial charge >= 0.3 is 0 Å². The Labute approximate surface area is 228 Å². The number of hydrogen-bond acceptors (Lipinski definition) is 4. The summed E-state index contributed by atoms with van der Waals surface area (Å²) in [7, 11) is -0.301. The van der Waals surface area contributed by atoms with Crippen LogP contribution in [0, 0.1) is 62.7 Å². The van der Waals surface area contributed by atoms with Crippen LogP contribution in [-0.4, -0.2) is 58.6 Å². The van der Waals surface area contributed by atoms with E-state index in [1.165, 1.54) is 11.3 Å². The SMILES string of the molecule is C[C@@H]1[C@H]2OC(C)(C)O[C@@H]2[C@H](C)P1[C]1[CH][CH][CH][CH]1.C[C@H]1[C@H]2OC(C)(C)O[C@@H]2[C@H](C)P1[C]1[CH][CH][CH][CH]1.[Fe]. The van der Waals surface area contributed by atoms with Crippen LogP contribution in [0.15, 0.2) is 0 Å². The molecule has 0 spiro atoms. The van der Waals surface area contributed by atoms with E-state index in [0.29, 0.717) is 22.6 Å². The molecule has 0 aromatic heterocycles. The molecule has 4 heterocycles. The minimum atomic E-state index is -0.398. The van der Waals surface area contributed by atoms with Crippen LogP contribution in [0.2, 0.25) is 0 Å². The summed E-state index contributed by atoms with van der Waals surface area (Å²) < 4.78 is 24.3. The van der Waals surface area contributed by atoms with E-state index >= 15 is 0 Å². The molecule has 2 saturated carbocycles. The molecule has 2 aliphatic carbocycles. The molecule has 0 bridgehead atoms. The largest absolute Gasteiger partial charge is 0.344 e. The smallest absolute Gasteiger partial charge is 0.163 e. The van der Waals surface area contributed by atoms with Crippen molar-refractivity contribution in [3.8, 4) is 0 Å². The minimum absolute atomic E-state index is 0. The van der Waals surface area contributed by atoms with Crippen LogP contribution in [0.1, 0.15) is 55.4 Å². The first kappa shape index (κ1) is 29.2. The van der Waals surface area contributed by atoms with Gasteiger partial charge in [0.1, 0.15) is 0 Å². The normalized spacial score (nSPS) is 48.3. The summed E-state index contributed by atoms with van der Waals surface area (Å²) in [6.07, 6.45) is 18.7. The third kappa shape index (κ3) is 5.61. The Balaban J connectivity index is 0.000000160. The summed E-state index contributed by atoms with van der Waals surface area (Å²) in [5.41, 5.74) is 5.37.